The molecule has 0 spiro atoms. The summed E-state index contributed by atoms with van der Waals surface area (Å²) in [7, 11) is 0. The zero-order valence-corrected chi connectivity index (χ0v) is 13.7. The average Bonchev–Trinajstić information content (AvgIpc) is 3.05. The Balaban J connectivity index is 1.72. The molecule has 0 saturated carbocycles. The fraction of sp³-hybridized carbons (Fsp3) is 0.500. The van der Waals surface area contributed by atoms with Crippen LogP contribution in [0.25, 0.3) is 0 Å². The lowest BCUT2D eigenvalue weighted by Crippen LogP contribution is -2.39. The van der Waals surface area contributed by atoms with Crippen LogP contribution >= 0.6 is 11.3 Å². The van der Waals surface area contributed by atoms with Crippen LogP contribution in [0.4, 0.5) is 0 Å². The minimum Gasteiger partial charge on any atom is -0.335 e. The number of aromatic nitrogens is 3. The smallest absolute Gasteiger partial charge is 0.291 e. The fourth-order valence-electron chi connectivity index (χ4n) is 2.67. The third kappa shape index (κ3) is 3.16. The highest BCUT2D eigenvalue weighted by atomic mass is 32.1. The number of carbonyl (C=O) groups excluding carboxylic acids is 1. The highest BCUT2D eigenvalue weighted by Gasteiger charge is 2.28. The average molecular weight is 316 g/mol. The predicted molar refractivity (Wildman–Crippen MR) is 86.1 cm³/mol. The SMILES string of the molecule is CC(C)c1csc([C@@H]2CCCN(C(=O)c3ncccn3)C2)n1. The summed E-state index contributed by atoms with van der Waals surface area (Å²) in [6.45, 7) is 5.79. The van der Waals surface area contributed by atoms with E-state index in [1.807, 2.05) is 4.90 Å². The summed E-state index contributed by atoms with van der Waals surface area (Å²) in [5.74, 6) is 0.985. The Hall–Kier alpha value is -1.82. The molecule has 1 aliphatic rings. The van der Waals surface area contributed by atoms with Crippen molar-refractivity contribution in [2.75, 3.05) is 13.1 Å². The molecule has 3 heterocycles. The molecule has 1 amide bonds. The maximum Gasteiger partial charge on any atom is 0.291 e. The van der Waals surface area contributed by atoms with Gasteiger partial charge in [0.05, 0.1) is 10.7 Å². The van der Waals surface area contributed by atoms with Gasteiger partial charge < -0.3 is 4.90 Å². The number of nitrogens with zero attached hydrogens (tertiary/aromatic N) is 4. The summed E-state index contributed by atoms with van der Waals surface area (Å²) in [4.78, 5) is 27.2. The maximum absolute atomic E-state index is 12.5. The molecule has 2 aromatic heterocycles. The summed E-state index contributed by atoms with van der Waals surface area (Å²) in [5.41, 5.74) is 1.15. The molecule has 0 bridgehead atoms. The molecule has 5 nitrogen and oxygen atoms in total. The summed E-state index contributed by atoms with van der Waals surface area (Å²) >= 11 is 1.71. The molecular weight excluding hydrogens is 296 g/mol. The van der Waals surface area contributed by atoms with E-state index < -0.39 is 0 Å². The Kier molecular flexibility index (Phi) is 4.47. The van der Waals surface area contributed by atoms with E-state index >= 15 is 0 Å². The predicted octanol–water partition coefficient (Wildman–Crippen LogP) is 3.08. The summed E-state index contributed by atoms with van der Waals surface area (Å²) in [6, 6.07) is 1.72. The number of piperidine rings is 1. The maximum atomic E-state index is 12.5. The van der Waals surface area contributed by atoms with Crippen LogP contribution in [0.15, 0.2) is 23.8 Å². The van der Waals surface area contributed by atoms with Crippen LogP contribution in [0.2, 0.25) is 0 Å². The molecule has 116 valence electrons. The lowest BCUT2D eigenvalue weighted by Gasteiger charge is -2.31. The molecule has 1 aliphatic heterocycles. The Labute approximate surface area is 134 Å². The molecule has 0 N–H and O–H groups in total. The second-order valence-electron chi connectivity index (χ2n) is 5.93. The quantitative estimate of drug-likeness (QED) is 0.873. The lowest BCUT2D eigenvalue weighted by molar-refractivity contribution is 0.0694. The number of amides is 1. The minimum atomic E-state index is -0.0778. The van der Waals surface area contributed by atoms with Gasteiger partial charge in [0.25, 0.3) is 5.91 Å². The molecule has 1 atom stereocenters. The summed E-state index contributed by atoms with van der Waals surface area (Å²) in [6.07, 6.45) is 5.30. The molecule has 6 heteroatoms. The Morgan fingerprint density at radius 3 is 2.82 bits per heavy atom. The van der Waals surface area contributed by atoms with Gasteiger partial charge in [-0.3, -0.25) is 4.79 Å². The topological polar surface area (TPSA) is 59.0 Å². The standard InChI is InChI=1S/C16H20N4OS/c1-11(2)13-10-22-15(19-13)12-5-3-8-20(9-12)16(21)14-17-6-4-7-18-14/h4,6-7,10-12H,3,5,8-9H2,1-2H3/t12-/m1/s1. The van der Waals surface area contributed by atoms with Crippen LogP contribution in [0.3, 0.4) is 0 Å². The van der Waals surface area contributed by atoms with E-state index in [1.165, 1.54) is 0 Å². The Morgan fingerprint density at radius 1 is 1.36 bits per heavy atom. The van der Waals surface area contributed by atoms with E-state index in [0.29, 0.717) is 18.4 Å². The highest BCUT2D eigenvalue weighted by molar-refractivity contribution is 7.09. The largest absolute Gasteiger partial charge is 0.335 e. The molecule has 0 aliphatic carbocycles. The van der Waals surface area contributed by atoms with Crippen LogP contribution < -0.4 is 0 Å². The van der Waals surface area contributed by atoms with E-state index in [0.717, 1.165) is 30.1 Å². The third-order valence-electron chi connectivity index (χ3n) is 3.95. The van der Waals surface area contributed by atoms with E-state index in [1.54, 1.807) is 29.8 Å². The van der Waals surface area contributed by atoms with Gasteiger partial charge in [0, 0.05) is 36.8 Å². The zero-order valence-electron chi connectivity index (χ0n) is 12.9. The molecule has 22 heavy (non-hydrogen) atoms. The number of hydrogen-bond donors (Lipinski definition) is 0. The van der Waals surface area contributed by atoms with Crippen molar-refractivity contribution in [2.45, 2.75) is 38.5 Å². The zero-order chi connectivity index (χ0) is 15.5. The highest BCUT2D eigenvalue weighted by Crippen LogP contribution is 2.31. The van der Waals surface area contributed by atoms with E-state index in [-0.39, 0.29) is 11.7 Å². The first-order valence-corrected chi connectivity index (χ1v) is 8.54. The van der Waals surface area contributed by atoms with Crippen molar-refractivity contribution in [1.82, 2.24) is 19.9 Å². The van der Waals surface area contributed by atoms with Gasteiger partial charge in [-0.15, -0.1) is 11.3 Å². The first-order chi connectivity index (χ1) is 10.6. The van der Waals surface area contributed by atoms with Gasteiger partial charge in [-0.1, -0.05) is 13.8 Å². The van der Waals surface area contributed by atoms with Gasteiger partial charge in [0.2, 0.25) is 5.82 Å². The normalized spacial score (nSPS) is 18.7. The number of hydrogen-bond acceptors (Lipinski definition) is 5. The first kappa shape index (κ1) is 15.1. The number of likely N-dealkylation sites (tertiary alicyclic amines) is 1. The van der Waals surface area contributed by atoms with Crippen molar-refractivity contribution in [2.24, 2.45) is 0 Å². The molecule has 0 unspecified atom stereocenters. The van der Waals surface area contributed by atoms with Crippen molar-refractivity contribution in [3.63, 3.8) is 0 Å². The van der Waals surface area contributed by atoms with Crippen LogP contribution in [-0.2, 0) is 0 Å². The molecule has 2 aromatic rings. The summed E-state index contributed by atoms with van der Waals surface area (Å²) in [5, 5.41) is 3.29. The van der Waals surface area contributed by atoms with Gasteiger partial charge in [0.15, 0.2) is 0 Å². The van der Waals surface area contributed by atoms with Crippen molar-refractivity contribution in [1.29, 1.82) is 0 Å². The molecular formula is C16H20N4OS. The van der Waals surface area contributed by atoms with Crippen molar-refractivity contribution < 1.29 is 4.79 Å². The molecule has 0 aromatic carbocycles. The van der Waals surface area contributed by atoms with E-state index in [2.05, 4.69) is 29.2 Å². The van der Waals surface area contributed by atoms with Crippen molar-refractivity contribution in [3.8, 4) is 0 Å². The Morgan fingerprint density at radius 2 is 2.14 bits per heavy atom. The number of carbonyl (C=O) groups is 1. The van der Waals surface area contributed by atoms with Gasteiger partial charge in [-0.2, -0.15) is 0 Å². The van der Waals surface area contributed by atoms with Gasteiger partial charge >= 0.3 is 0 Å². The molecule has 1 fully saturated rings. The van der Waals surface area contributed by atoms with Crippen LogP contribution in [0.5, 0.6) is 0 Å². The fourth-order valence-corrected chi connectivity index (χ4v) is 3.78. The Bertz CT molecular complexity index is 641. The summed E-state index contributed by atoms with van der Waals surface area (Å²) < 4.78 is 0. The number of thiazole rings is 1. The van der Waals surface area contributed by atoms with E-state index in [4.69, 9.17) is 4.98 Å². The van der Waals surface area contributed by atoms with E-state index in [9.17, 15) is 4.79 Å². The monoisotopic (exact) mass is 316 g/mol. The van der Waals surface area contributed by atoms with Crippen LogP contribution in [-0.4, -0.2) is 38.8 Å². The van der Waals surface area contributed by atoms with Gasteiger partial charge in [-0.05, 0) is 24.8 Å². The van der Waals surface area contributed by atoms with Crippen molar-refractivity contribution in [3.05, 3.63) is 40.4 Å². The third-order valence-corrected chi connectivity index (χ3v) is 4.97. The minimum absolute atomic E-state index is 0.0778. The molecule has 1 saturated heterocycles. The van der Waals surface area contributed by atoms with Crippen LogP contribution in [0, 0.1) is 0 Å². The lowest BCUT2D eigenvalue weighted by atomic mass is 9.98. The first-order valence-electron chi connectivity index (χ1n) is 7.66. The van der Waals surface area contributed by atoms with Crippen molar-refractivity contribution >= 4 is 17.2 Å². The molecule has 0 radical (unpaired) electrons. The second-order valence-corrected chi connectivity index (χ2v) is 6.82. The van der Waals surface area contributed by atoms with Gasteiger partial charge in [0.1, 0.15) is 0 Å². The van der Waals surface area contributed by atoms with Gasteiger partial charge in [-0.25, -0.2) is 15.0 Å². The molecule has 3 rings (SSSR count). The number of rotatable bonds is 3. The second kappa shape index (κ2) is 6.52. The van der Waals surface area contributed by atoms with Crippen LogP contribution in [0.1, 0.15) is 59.8 Å².